The molecule has 0 radical (unpaired) electrons. The third-order valence-electron chi connectivity index (χ3n) is 3.19. The van der Waals surface area contributed by atoms with E-state index in [1.54, 1.807) is 0 Å². The maximum absolute atomic E-state index is 2.44. The van der Waals surface area contributed by atoms with Crippen LogP contribution in [0.1, 0.15) is 12.8 Å². The van der Waals surface area contributed by atoms with Crippen LogP contribution in [0, 0.1) is 11.8 Å². The van der Waals surface area contributed by atoms with Crippen molar-refractivity contribution in [1.29, 1.82) is 0 Å². The lowest BCUT2D eigenvalue weighted by molar-refractivity contribution is 0.684. The second kappa shape index (κ2) is 2.15. The molecule has 0 aliphatic heterocycles. The summed E-state index contributed by atoms with van der Waals surface area (Å²) in [5, 5.41) is 0. The summed E-state index contributed by atoms with van der Waals surface area (Å²) in [6.45, 7) is 5.62. The van der Waals surface area contributed by atoms with Crippen molar-refractivity contribution in [3.8, 4) is 0 Å². The number of rotatable bonds is 1. The van der Waals surface area contributed by atoms with Crippen molar-refractivity contribution in [2.45, 2.75) is 32.3 Å². The van der Waals surface area contributed by atoms with Gasteiger partial charge in [0.2, 0.25) is 0 Å². The molecule has 0 spiro atoms. The van der Waals surface area contributed by atoms with Crippen molar-refractivity contribution in [3.05, 3.63) is 12.2 Å². The molecule has 2 rings (SSSR count). The summed E-state index contributed by atoms with van der Waals surface area (Å²) in [4.78, 5) is 0. The van der Waals surface area contributed by atoms with Crippen molar-refractivity contribution in [1.82, 2.24) is 0 Å². The predicted octanol–water partition coefficient (Wildman–Crippen LogP) is 2.71. The van der Waals surface area contributed by atoms with Gasteiger partial charge in [-0.25, -0.2) is 0 Å². The average Bonchev–Trinajstić information content (AvgIpc) is 2.44. The van der Waals surface area contributed by atoms with Gasteiger partial charge in [0, 0.05) is 0 Å². The summed E-state index contributed by atoms with van der Waals surface area (Å²) >= 11 is 0. The van der Waals surface area contributed by atoms with E-state index in [2.05, 4.69) is 25.8 Å². The van der Waals surface area contributed by atoms with Crippen LogP contribution in [0.2, 0.25) is 19.5 Å². The molecule has 2 aliphatic rings. The van der Waals surface area contributed by atoms with E-state index in [0.29, 0.717) is 0 Å². The first kappa shape index (κ1) is 6.51. The summed E-state index contributed by atoms with van der Waals surface area (Å²) in [5.74, 6) is 2.91. The molecule has 54 valence electrons. The summed E-state index contributed by atoms with van der Waals surface area (Å²) in [5.41, 5.74) is 0. The van der Waals surface area contributed by atoms with Gasteiger partial charge >= 0.3 is 0 Å². The van der Waals surface area contributed by atoms with Crippen molar-refractivity contribution < 1.29 is 0 Å². The lowest BCUT2D eigenvalue weighted by Gasteiger charge is -2.19. The zero-order valence-electron chi connectivity index (χ0n) is 6.88. The molecule has 10 heavy (non-hydrogen) atoms. The molecule has 0 aromatic rings. The quantitative estimate of drug-likeness (QED) is 0.382. The van der Waals surface area contributed by atoms with Crippen molar-refractivity contribution >= 4 is 6.71 Å². The molecular formula is C9H15B. The highest BCUT2D eigenvalue weighted by Gasteiger charge is 2.37. The van der Waals surface area contributed by atoms with Crippen molar-refractivity contribution in [3.63, 3.8) is 0 Å². The highest BCUT2D eigenvalue weighted by Crippen LogP contribution is 2.48. The Morgan fingerprint density at radius 3 is 2.30 bits per heavy atom. The third-order valence-corrected chi connectivity index (χ3v) is 3.19. The van der Waals surface area contributed by atoms with Crippen LogP contribution in [-0.2, 0) is 0 Å². The van der Waals surface area contributed by atoms with E-state index >= 15 is 0 Å². The molecule has 0 amide bonds. The van der Waals surface area contributed by atoms with Crippen LogP contribution in [0.25, 0.3) is 0 Å². The molecule has 0 nitrogen and oxygen atoms in total. The molecule has 1 saturated carbocycles. The molecule has 0 N–H and O–H groups in total. The van der Waals surface area contributed by atoms with Gasteiger partial charge in [0.25, 0.3) is 0 Å². The molecule has 2 aliphatic carbocycles. The van der Waals surface area contributed by atoms with E-state index in [1.807, 2.05) is 0 Å². The fourth-order valence-electron chi connectivity index (χ4n) is 2.59. The Labute approximate surface area is 63.8 Å². The second-order valence-corrected chi connectivity index (χ2v) is 4.19. The highest BCUT2D eigenvalue weighted by atomic mass is 14.4. The summed E-state index contributed by atoms with van der Waals surface area (Å²) < 4.78 is 0. The maximum atomic E-state index is 2.44. The zero-order valence-corrected chi connectivity index (χ0v) is 6.88. The first-order chi connectivity index (χ1) is 4.77. The Morgan fingerprint density at radius 1 is 1.20 bits per heavy atom. The number of hydrogen-bond donors (Lipinski definition) is 0. The van der Waals surface area contributed by atoms with Gasteiger partial charge in [-0.05, 0) is 18.3 Å². The van der Waals surface area contributed by atoms with E-state index in [9.17, 15) is 0 Å². The van der Waals surface area contributed by atoms with Gasteiger partial charge in [0.15, 0.2) is 0 Å². The van der Waals surface area contributed by atoms with Crippen LogP contribution in [0.4, 0.5) is 0 Å². The molecule has 0 heterocycles. The Balaban J connectivity index is 2.09. The second-order valence-electron chi connectivity index (χ2n) is 4.19. The summed E-state index contributed by atoms with van der Waals surface area (Å²) in [6.07, 6.45) is 7.80. The van der Waals surface area contributed by atoms with Crippen LogP contribution in [0.3, 0.4) is 0 Å². The fraction of sp³-hybridized carbons (Fsp3) is 0.778. The minimum atomic E-state index is 0.903. The standard InChI is InChI=1S/C9H15B/c1-10(2)9-6-7-3-4-8(9)5-7/h3-4,7-9H,5-6H2,1-2H3/t7-,8+,9-/m0/s1. The Hall–Kier alpha value is -0.195. The molecule has 3 atom stereocenters. The van der Waals surface area contributed by atoms with Gasteiger partial charge in [-0.2, -0.15) is 0 Å². The molecule has 0 unspecified atom stereocenters. The molecule has 0 aromatic carbocycles. The van der Waals surface area contributed by atoms with Gasteiger partial charge in [-0.3, -0.25) is 0 Å². The molecule has 1 fully saturated rings. The summed E-state index contributed by atoms with van der Waals surface area (Å²) in [7, 11) is 0. The smallest absolute Gasteiger partial charge is 0.0861 e. The van der Waals surface area contributed by atoms with Gasteiger partial charge in [-0.1, -0.05) is 38.0 Å². The van der Waals surface area contributed by atoms with E-state index in [0.717, 1.165) is 24.4 Å². The van der Waals surface area contributed by atoms with Crippen LogP contribution >= 0.6 is 0 Å². The van der Waals surface area contributed by atoms with E-state index in [-0.39, 0.29) is 0 Å². The Bertz CT molecular complexity index is 160. The van der Waals surface area contributed by atoms with Gasteiger partial charge in [0.05, 0.1) is 0 Å². The van der Waals surface area contributed by atoms with Gasteiger partial charge in [-0.15, -0.1) is 0 Å². The molecule has 2 bridgehead atoms. The molecule has 0 aromatic heterocycles. The fourth-order valence-corrected chi connectivity index (χ4v) is 2.59. The average molecular weight is 134 g/mol. The maximum Gasteiger partial charge on any atom is 0.137 e. The number of hydrogen-bond acceptors (Lipinski definition) is 0. The Morgan fingerprint density at radius 2 is 2.00 bits per heavy atom. The van der Waals surface area contributed by atoms with Crippen LogP contribution in [-0.4, -0.2) is 6.71 Å². The highest BCUT2D eigenvalue weighted by molar-refractivity contribution is 6.57. The van der Waals surface area contributed by atoms with E-state index in [4.69, 9.17) is 0 Å². The lowest BCUT2D eigenvalue weighted by Crippen LogP contribution is -2.15. The van der Waals surface area contributed by atoms with Gasteiger partial charge < -0.3 is 0 Å². The third kappa shape index (κ3) is 0.835. The van der Waals surface area contributed by atoms with Crippen LogP contribution in [0.15, 0.2) is 12.2 Å². The van der Waals surface area contributed by atoms with Gasteiger partial charge in [0.1, 0.15) is 6.71 Å². The Kier molecular flexibility index (Phi) is 1.40. The normalized spacial score (nSPS) is 42.8. The topological polar surface area (TPSA) is 0 Å². The van der Waals surface area contributed by atoms with E-state index in [1.165, 1.54) is 12.8 Å². The SMILES string of the molecule is CB(C)[C@H]1C[C@H]2C=C[C@@H]1C2. The molecular weight excluding hydrogens is 119 g/mol. The van der Waals surface area contributed by atoms with Crippen LogP contribution < -0.4 is 0 Å². The first-order valence-electron chi connectivity index (χ1n) is 4.45. The lowest BCUT2D eigenvalue weighted by atomic mass is 9.42. The number of fused-ring (bicyclic) bond motifs is 2. The number of allylic oxidation sites excluding steroid dienone is 2. The minimum Gasteiger partial charge on any atom is -0.0861 e. The predicted molar refractivity (Wildman–Crippen MR) is 46.6 cm³/mol. The van der Waals surface area contributed by atoms with E-state index < -0.39 is 0 Å². The molecule has 1 heteroatoms. The van der Waals surface area contributed by atoms with Crippen LogP contribution in [0.5, 0.6) is 0 Å². The zero-order chi connectivity index (χ0) is 7.14. The van der Waals surface area contributed by atoms with Crippen molar-refractivity contribution in [2.75, 3.05) is 0 Å². The first-order valence-corrected chi connectivity index (χ1v) is 4.45. The van der Waals surface area contributed by atoms with Crippen molar-refractivity contribution in [2.24, 2.45) is 11.8 Å². The summed E-state index contributed by atoms with van der Waals surface area (Å²) in [6, 6.07) is 0. The monoisotopic (exact) mass is 134 g/mol. The minimum absolute atomic E-state index is 0.903. The molecule has 0 saturated heterocycles. The largest absolute Gasteiger partial charge is 0.137 e.